The highest BCUT2D eigenvalue weighted by atomic mass is 32.1. The van der Waals surface area contributed by atoms with E-state index in [1.165, 1.54) is 6.20 Å². The van der Waals surface area contributed by atoms with Crippen molar-refractivity contribution in [3.63, 3.8) is 0 Å². The molecule has 1 atom stereocenters. The maximum absolute atomic E-state index is 12.6. The van der Waals surface area contributed by atoms with Gasteiger partial charge in [-0.25, -0.2) is 4.98 Å². The first kappa shape index (κ1) is 16.0. The SMILES string of the molecule is CC(C)(C)c1ccc(C(N)c2cnc(C(F)(F)F)s2)cc1. The second-order valence-corrected chi connectivity index (χ2v) is 6.98. The molecule has 0 aliphatic rings. The highest BCUT2D eigenvalue weighted by molar-refractivity contribution is 7.11. The van der Waals surface area contributed by atoms with Crippen molar-refractivity contribution in [3.8, 4) is 0 Å². The number of alkyl halides is 3. The van der Waals surface area contributed by atoms with Gasteiger partial charge in [-0.3, -0.25) is 0 Å². The highest BCUT2D eigenvalue weighted by Gasteiger charge is 2.35. The van der Waals surface area contributed by atoms with Crippen LogP contribution in [-0.4, -0.2) is 4.98 Å². The molecule has 114 valence electrons. The van der Waals surface area contributed by atoms with Crippen LogP contribution in [0.3, 0.4) is 0 Å². The predicted octanol–water partition coefficient (Wildman–Crippen LogP) is 4.51. The van der Waals surface area contributed by atoms with E-state index < -0.39 is 17.2 Å². The topological polar surface area (TPSA) is 38.9 Å². The van der Waals surface area contributed by atoms with Gasteiger partial charge in [0, 0.05) is 11.1 Å². The molecule has 0 aliphatic carbocycles. The first-order valence-corrected chi connectivity index (χ1v) is 7.29. The normalized spacial score (nSPS) is 14.2. The molecule has 0 saturated heterocycles. The van der Waals surface area contributed by atoms with E-state index in [4.69, 9.17) is 5.73 Å². The Bertz CT molecular complexity index is 609. The van der Waals surface area contributed by atoms with Gasteiger partial charge in [-0.2, -0.15) is 13.2 Å². The molecule has 2 rings (SSSR count). The Morgan fingerprint density at radius 1 is 1.10 bits per heavy atom. The van der Waals surface area contributed by atoms with Crippen LogP contribution in [0.1, 0.15) is 47.8 Å². The third-order valence-corrected chi connectivity index (χ3v) is 4.33. The van der Waals surface area contributed by atoms with Crippen LogP contribution in [0, 0.1) is 0 Å². The van der Waals surface area contributed by atoms with Gasteiger partial charge in [-0.15, -0.1) is 11.3 Å². The summed E-state index contributed by atoms with van der Waals surface area (Å²) in [4.78, 5) is 3.81. The van der Waals surface area contributed by atoms with Crippen molar-refractivity contribution in [2.75, 3.05) is 0 Å². The van der Waals surface area contributed by atoms with Gasteiger partial charge in [0.2, 0.25) is 0 Å². The summed E-state index contributed by atoms with van der Waals surface area (Å²) in [6.07, 6.45) is -3.21. The lowest BCUT2D eigenvalue weighted by atomic mass is 9.86. The van der Waals surface area contributed by atoms with Gasteiger partial charge < -0.3 is 5.73 Å². The van der Waals surface area contributed by atoms with Gasteiger partial charge in [0.1, 0.15) is 0 Å². The number of halogens is 3. The predicted molar refractivity (Wildman–Crippen MR) is 78.3 cm³/mol. The van der Waals surface area contributed by atoms with Crippen LogP contribution in [0.25, 0.3) is 0 Å². The largest absolute Gasteiger partial charge is 0.443 e. The molecule has 1 aromatic heterocycles. The molecule has 0 bridgehead atoms. The molecule has 0 spiro atoms. The summed E-state index contributed by atoms with van der Waals surface area (Å²) in [7, 11) is 0. The Labute approximate surface area is 125 Å². The van der Waals surface area contributed by atoms with Crippen molar-refractivity contribution in [1.29, 1.82) is 0 Å². The molecule has 6 heteroatoms. The third kappa shape index (κ3) is 3.63. The van der Waals surface area contributed by atoms with Gasteiger partial charge in [0.15, 0.2) is 5.01 Å². The Hall–Kier alpha value is -1.40. The average Bonchev–Trinajstić information content (AvgIpc) is 2.86. The van der Waals surface area contributed by atoms with Gasteiger partial charge >= 0.3 is 6.18 Å². The fraction of sp³-hybridized carbons (Fsp3) is 0.400. The number of hydrogen-bond donors (Lipinski definition) is 1. The summed E-state index contributed by atoms with van der Waals surface area (Å²) in [5, 5.41) is -0.862. The van der Waals surface area contributed by atoms with Crippen LogP contribution < -0.4 is 5.73 Å². The lowest BCUT2D eigenvalue weighted by Crippen LogP contribution is -2.13. The number of benzene rings is 1. The van der Waals surface area contributed by atoms with E-state index in [0.29, 0.717) is 16.2 Å². The summed E-state index contributed by atoms with van der Waals surface area (Å²) in [6, 6.07) is 7.05. The molecule has 0 amide bonds. The lowest BCUT2D eigenvalue weighted by Gasteiger charge is -2.20. The summed E-state index contributed by atoms with van der Waals surface area (Å²) >= 11 is 0.591. The van der Waals surface area contributed by atoms with E-state index in [1.54, 1.807) is 0 Å². The zero-order chi connectivity index (χ0) is 15.8. The van der Waals surface area contributed by atoms with Crippen LogP contribution in [0.15, 0.2) is 30.5 Å². The van der Waals surface area contributed by atoms with E-state index in [-0.39, 0.29) is 5.41 Å². The van der Waals surface area contributed by atoms with Crippen molar-refractivity contribution in [1.82, 2.24) is 4.98 Å². The molecule has 0 saturated carbocycles. The maximum atomic E-state index is 12.6. The minimum Gasteiger partial charge on any atom is -0.320 e. The third-order valence-electron chi connectivity index (χ3n) is 3.21. The maximum Gasteiger partial charge on any atom is 0.443 e. The molecular weight excluding hydrogens is 297 g/mol. The van der Waals surface area contributed by atoms with Crippen molar-refractivity contribution >= 4 is 11.3 Å². The number of aromatic nitrogens is 1. The van der Waals surface area contributed by atoms with Crippen LogP contribution in [0.2, 0.25) is 0 Å². The Kier molecular flexibility index (Phi) is 4.13. The molecule has 0 aliphatic heterocycles. The fourth-order valence-corrected chi connectivity index (χ4v) is 2.73. The van der Waals surface area contributed by atoms with Gasteiger partial charge in [-0.1, -0.05) is 45.0 Å². The van der Waals surface area contributed by atoms with Crippen LogP contribution in [0.4, 0.5) is 13.2 Å². The molecule has 2 N–H and O–H groups in total. The van der Waals surface area contributed by atoms with E-state index in [1.807, 2.05) is 24.3 Å². The van der Waals surface area contributed by atoms with Gasteiger partial charge in [0.05, 0.1) is 6.04 Å². The summed E-state index contributed by atoms with van der Waals surface area (Å²) in [6.45, 7) is 6.29. The molecule has 2 aromatic rings. The Morgan fingerprint density at radius 2 is 1.67 bits per heavy atom. The molecule has 21 heavy (non-hydrogen) atoms. The number of nitrogens with two attached hydrogens (primary N) is 1. The molecule has 0 radical (unpaired) electrons. The van der Waals surface area contributed by atoms with Gasteiger partial charge in [-0.05, 0) is 16.5 Å². The second-order valence-electron chi connectivity index (χ2n) is 5.92. The number of rotatable bonds is 2. The van der Waals surface area contributed by atoms with E-state index >= 15 is 0 Å². The zero-order valence-corrected chi connectivity index (χ0v) is 12.8. The summed E-state index contributed by atoms with van der Waals surface area (Å²) in [5.74, 6) is 0. The molecule has 2 nitrogen and oxygen atoms in total. The average molecular weight is 314 g/mol. The van der Waals surface area contributed by atoms with Crippen LogP contribution >= 0.6 is 11.3 Å². The first-order valence-electron chi connectivity index (χ1n) is 6.48. The van der Waals surface area contributed by atoms with Crippen molar-refractivity contribution in [3.05, 3.63) is 51.5 Å². The van der Waals surface area contributed by atoms with Gasteiger partial charge in [0.25, 0.3) is 0 Å². The fourth-order valence-electron chi connectivity index (χ4n) is 1.92. The molecule has 1 unspecified atom stereocenters. The lowest BCUT2D eigenvalue weighted by molar-refractivity contribution is -0.137. The number of nitrogens with zero attached hydrogens (tertiary/aromatic N) is 1. The Balaban J connectivity index is 2.24. The van der Waals surface area contributed by atoms with Crippen molar-refractivity contribution in [2.24, 2.45) is 5.73 Å². The Morgan fingerprint density at radius 3 is 2.10 bits per heavy atom. The second kappa shape index (κ2) is 5.42. The molecular formula is C15H17F3N2S. The van der Waals surface area contributed by atoms with Crippen molar-refractivity contribution in [2.45, 2.75) is 38.4 Å². The van der Waals surface area contributed by atoms with Crippen LogP contribution in [0.5, 0.6) is 0 Å². The monoisotopic (exact) mass is 314 g/mol. The summed E-state index contributed by atoms with van der Waals surface area (Å²) < 4.78 is 37.7. The van der Waals surface area contributed by atoms with E-state index in [2.05, 4.69) is 25.8 Å². The van der Waals surface area contributed by atoms with E-state index in [0.717, 1.165) is 11.1 Å². The number of thiazole rings is 1. The first-order chi connectivity index (χ1) is 9.59. The highest BCUT2D eigenvalue weighted by Crippen LogP contribution is 2.35. The quantitative estimate of drug-likeness (QED) is 0.886. The zero-order valence-electron chi connectivity index (χ0n) is 12.0. The molecule has 1 aromatic carbocycles. The minimum absolute atomic E-state index is 0.0244. The van der Waals surface area contributed by atoms with Crippen LogP contribution in [-0.2, 0) is 11.6 Å². The van der Waals surface area contributed by atoms with E-state index in [9.17, 15) is 13.2 Å². The molecule has 1 heterocycles. The standard InChI is InChI=1S/C15H17F3N2S/c1-14(2,3)10-6-4-9(5-7-10)12(19)11-8-20-13(21-11)15(16,17)18/h4-8,12H,19H2,1-3H3. The molecule has 0 fully saturated rings. The summed E-state index contributed by atoms with van der Waals surface area (Å²) in [5.41, 5.74) is 7.99. The number of hydrogen-bond acceptors (Lipinski definition) is 3. The minimum atomic E-state index is -4.42. The smallest absolute Gasteiger partial charge is 0.320 e. The van der Waals surface area contributed by atoms with Crippen molar-refractivity contribution < 1.29 is 13.2 Å².